The molecule has 2 unspecified atom stereocenters. The van der Waals surface area contributed by atoms with Crippen molar-refractivity contribution in [2.75, 3.05) is 33.3 Å². The highest BCUT2D eigenvalue weighted by Gasteiger charge is 2.17. The molecule has 0 aromatic rings. The lowest BCUT2D eigenvalue weighted by Crippen LogP contribution is -2.39. The Kier molecular flexibility index (Phi) is 7.86. The Morgan fingerprint density at radius 1 is 1.56 bits per heavy atom. The first kappa shape index (κ1) is 15.9. The molecule has 0 radical (unpaired) electrons. The third kappa shape index (κ3) is 5.67. The number of hydrogen-bond acceptors (Lipinski definition) is 4. The quantitative estimate of drug-likeness (QED) is 0.441. The van der Waals surface area contributed by atoms with Gasteiger partial charge in [0.1, 0.15) is 4.83 Å². The maximum Gasteiger partial charge on any atom is 0.320 e. The summed E-state index contributed by atoms with van der Waals surface area (Å²) in [5, 5.41) is 3.28. The Balaban J connectivity index is 2.02. The summed E-state index contributed by atoms with van der Waals surface area (Å²) in [6.07, 6.45) is 5.17. The molecular weight excluding hydrogens is 296 g/mol. The maximum atomic E-state index is 11.1. The molecule has 0 spiro atoms. The molecule has 2 atom stereocenters. The standard InChI is InChI=1S/C13H25BrN2O2/c1-11-6-3-4-8-16(11)9-5-7-15-10-12(14)13(17)18-2/h11-12,15H,3-10H2,1-2H3. The lowest BCUT2D eigenvalue weighted by molar-refractivity contribution is -0.139. The second-order valence-electron chi connectivity index (χ2n) is 4.93. The zero-order valence-electron chi connectivity index (χ0n) is 11.5. The molecule has 1 aliphatic heterocycles. The summed E-state index contributed by atoms with van der Waals surface area (Å²) < 4.78 is 4.64. The molecule has 0 aliphatic carbocycles. The number of alkyl halides is 1. The van der Waals surface area contributed by atoms with E-state index in [0.29, 0.717) is 6.54 Å². The van der Waals surface area contributed by atoms with Gasteiger partial charge in [0, 0.05) is 12.6 Å². The van der Waals surface area contributed by atoms with Gasteiger partial charge in [0.05, 0.1) is 7.11 Å². The van der Waals surface area contributed by atoms with E-state index in [0.717, 1.165) is 25.6 Å². The summed E-state index contributed by atoms with van der Waals surface area (Å²) in [7, 11) is 1.41. The minimum Gasteiger partial charge on any atom is -0.468 e. The molecular formula is C13H25BrN2O2. The number of ether oxygens (including phenoxy) is 1. The molecule has 0 saturated carbocycles. The third-order valence-corrected chi connectivity index (χ3v) is 4.22. The summed E-state index contributed by atoms with van der Waals surface area (Å²) in [6, 6.07) is 0.734. The van der Waals surface area contributed by atoms with Crippen molar-refractivity contribution in [1.82, 2.24) is 10.2 Å². The van der Waals surface area contributed by atoms with Crippen LogP contribution in [0.5, 0.6) is 0 Å². The van der Waals surface area contributed by atoms with Crippen molar-refractivity contribution >= 4 is 21.9 Å². The number of nitrogens with one attached hydrogen (secondary N) is 1. The molecule has 1 N–H and O–H groups in total. The van der Waals surface area contributed by atoms with E-state index >= 15 is 0 Å². The highest BCUT2D eigenvalue weighted by molar-refractivity contribution is 9.10. The normalized spacial score (nSPS) is 22.7. The summed E-state index contributed by atoms with van der Waals surface area (Å²) in [5.41, 5.74) is 0. The van der Waals surface area contributed by atoms with E-state index in [1.165, 1.54) is 32.9 Å². The number of halogens is 1. The molecule has 0 aromatic heterocycles. The minimum absolute atomic E-state index is 0.216. The zero-order chi connectivity index (χ0) is 13.4. The topological polar surface area (TPSA) is 41.6 Å². The van der Waals surface area contributed by atoms with Crippen molar-refractivity contribution < 1.29 is 9.53 Å². The molecule has 0 aromatic carbocycles. The van der Waals surface area contributed by atoms with Crippen molar-refractivity contribution in [3.05, 3.63) is 0 Å². The number of esters is 1. The molecule has 1 fully saturated rings. The largest absolute Gasteiger partial charge is 0.468 e. The molecule has 18 heavy (non-hydrogen) atoms. The van der Waals surface area contributed by atoms with E-state index in [-0.39, 0.29) is 10.8 Å². The number of likely N-dealkylation sites (tertiary alicyclic amines) is 1. The number of rotatable bonds is 7. The fraction of sp³-hybridized carbons (Fsp3) is 0.923. The monoisotopic (exact) mass is 320 g/mol. The number of nitrogens with zero attached hydrogens (tertiary/aromatic N) is 1. The predicted octanol–water partition coefficient (Wildman–Crippen LogP) is 1.78. The molecule has 106 valence electrons. The number of hydrogen-bond donors (Lipinski definition) is 1. The van der Waals surface area contributed by atoms with Gasteiger partial charge in [-0.2, -0.15) is 0 Å². The van der Waals surface area contributed by atoms with Crippen LogP contribution in [0.4, 0.5) is 0 Å². The second kappa shape index (κ2) is 8.88. The van der Waals surface area contributed by atoms with Gasteiger partial charge in [0.25, 0.3) is 0 Å². The first-order valence-corrected chi connectivity index (χ1v) is 7.73. The van der Waals surface area contributed by atoms with E-state index < -0.39 is 0 Å². The summed E-state index contributed by atoms with van der Waals surface area (Å²) in [4.78, 5) is 13.5. The average Bonchev–Trinajstić information content (AvgIpc) is 2.39. The number of carbonyl (C=O) groups is 1. The van der Waals surface area contributed by atoms with Gasteiger partial charge in [-0.3, -0.25) is 4.79 Å². The molecule has 4 nitrogen and oxygen atoms in total. The molecule has 1 saturated heterocycles. The van der Waals surface area contributed by atoms with E-state index in [1.807, 2.05) is 0 Å². The van der Waals surface area contributed by atoms with Gasteiger partial charge < -0.3 is 15.0 Å². The predicted molar refractivity (Wildman–Crippen MR) is 77.1 cm³/mol. The Labute approximate surface area is 119 Å². The lowest BCUT2D eigenvalue weighted by atomic mass is 10.0. The first-order valence-electron chi connectivity index (χ1n) is 6.81. The van der Waals surface area contributed by atoms with Gasteiger partial charge in [-0.25, -0.2) is 0 Å². The van der Waals surface area contributed by atoms with Crippen LogP contribution in [0.2, 0.25) is 0 Å². The smallest absolute Gasteiger partial charge is 0.320 e. The van der Waals surface area contributed by atoms with Crippen LogP contribution < -0.4 is 5.32 Å². The van der Waals surface area contributed by atoms with Gasteiger partial charge >= 0.3 is 5.97 Å². The Hall–Kier alpha value is -0.130. The van der Waals surface area contributed by atoms with Crippen molar-refractivity contribution in [3.63, 3.8) is 0 Å². The Bertz CT molecular complexity index is 251. The zero-order valence-corrected chi connectivity index (χ0v) is 13.0. The SMILES string of the molecule is COC(=O)C(Br)CNCCCN1CCCCC1C. The van der Waals surface area contributed by atoms with E-state index in [1.54, 1.807) is 0 Å². The van der Waals surface area contributed by atoms with Gasteiger partial charge in [-0.1, -0.05) is 22.4 Å². The second-order valence-corrected chi connectivity index (χ2v) is 6.03. The van der Waals surface area contributed by atoms with Gasteiger partial charge in [0.15, 0.2) is 0 Å². The third-order valence-electron chi connectivity index (χ3n) is 3.52. The van der Waals surface area contributed by atoms with Crippen molar-refractivity contribution in [2.24, 2.45) is 0 Å². The molecule has 5 heteroatoms. The fourth-order valence-electron chi connectivity index (χ4n) is 2.34. The molecule has 1 rings (SSSR count). The molecule has 0 amide bonds. The summed E-state index contributed by atoms with van der Waals surface area (Å²) in [6.45, 7) is 6.28. The minimum atomic E-state index is -0.239. The van der Waals surface area contributed by atoms with Gasteiger partial charge in [0.2, 0.25) is 0 Å². The number of carbonyl (C=O) groups excluding carboxylic acids is 1. The van der Waals surface area contributed by atoms with Crippen LogP contribution in [0.1, 0.15) is 32.6 Å². The summed E-state index contributed by atoms with van der Waals surface area (Å²) in [5.74, 6) is -0.216. The van der Waals surface area contributed by atoms with Crippen LogP contribution in [0.3, 0.4) is 0 Å². The molecule has 1 heterocycles. The Morgan fingerprint density at radius 3 is 3.00 bits per heavy atom. The van der Waals surface area contributed by atoms with Crippen LogP contribution in [-0.4, -0.2) is 55.0 Å². The highest BCUT2D eigenvalue weighted by atomic mass is 79.9. The first-order chi connectivity index (χ1) is 8.65. The van der Waals surface area contributed by atoms with Crippen molar-refractivity contribution in [2.45, 2.75) is 43.5 Å². The van der Waals surface area contributed by atoms with Crippen molar-refractivity contribution in [3.8, 4) is 0 Å². The van der Waals surface area contributed by atoms with Gasteiger partial charge in [-0.05, 0) is 45.8 Å². The van der Waals surface area contributed by atoms with Crippen LogP contribution in [0, 0.1) is 0 Å². The van der Waals surface area contributed by atoms with Crippen LogP contribution in [0.25, 0.3) is 0 Å². The summed E-state index contributed by atoms with van der Waals surface area (Å²) >= 11 is 3.29. The molecule has 1 aliphatic rings. The van der Waals surface area contributed by atoms with Crippen LogP contribution >= 0.6 is 15.9 Å². The van der Waals surface area contributed by atoms with Crippen molar-refractivity contribution in [1.29, 1.82) is 0 Å². The highest BCUT2D eigenvalue weighted by Crippen LogP contribution is 2.16. The number of methoxy groups -OCH3 is 1. The molecule has 0 bridgehead atoms. The maximum absolute atomic E-state index is 11.1. The lowest BCUT2D eigenvalue weighted by Gasteiger charge is -2.33. The van der Waals surface area contributed by atoms with E-state index in [2.05, 4.69) is 37.8 Å². The average molecular weight is 321 g/mol. The van der Waals surface area contributed by atoms with Crippen LogP contribution in [0.15, 0.2) is 0 Å². The van der Waals surface area contributed by atoms with E-state index in [4.69, 9.17) is 0 Å². The number of piperidine rings is 1. The Morgan fingerprint density at radius 2 is 2.33 bits per heavy atom. The fourth-order valence-corrected chi connectivity index (χ4v) is 2.75. The van der Waals surface area contributed by atoms with E-state index in [9.17, 15) is 4.79 Å². The van der Waals surface area contributed by atoms with Crippen LogP contribution in [-0.2, 0) is 9.53 Å². The van der Waals surface area contributed by atoms with Gasteiger partial charge in [-0.15, -0.1) is 0 Å².